The topological polar surface area (TPSA) is 35.8 Å². The molecule has 2 nitrogen and oxygen atoms in total. The van der Waals surface area contributed by atoms with E-state index in [-0.39, 0.29) is 0 Å². The quantitative estimate of drug-likeness (QED) is 0.877. The second kappa shape index (κ2) is 5.89. The monoisotopic (exact) mass is 240 g/mol. The summed E-state index contributed by atoms with van der Waals surface area (Å²) < 4.78 is 0. The van der Waals surface area contributed by atoms with Gasteiger partial charge in [0.15, 0.2) is 0 Å². The Morgan fingerprint density at radius 3 is 2.87 bits per heavy atom. The van der Waals surface area contributed by atoms with Gasteiger partial charge in [-0.3, -0.25) is 0 Å². The third kappa shape index (κ3) is 3.65. The van der Waals surface area contributed by atoms with Crippen LogP contribution in [0.25, 0.3) is 0 Å². The molecule has 0 aliphatic rings. The average molecular weight is 241 g/mol. The molecule has 1 N–H and O–H groups in total. The molecule has 4 heteroatoms. The molecule has 0 spiro atoms. The Labute approximate surface area is 99.6 Å². The van der Waals surface area contributed by atoms with Gasteiger partial charge in [-0.05, 0) is 24.5 Å². The zero-order valence-electron chi connectivity index (χ0n) is 8.75. The zero-order chi connectivity index (χ0) is 11.3. The van der Waals surface area contributed by atoms with E-state index in [4.69, 9.17) is 16.9 Å². The van der Waals surface area contributed by atoms with E-state index in [9.17, 15) is 0 Å². The molecular formula is C11H13ClN2S. The van der Waals surface area contributed by atoms with E-state index in [1.165, 1.54) is 0 Å². The van der Waals surface area contributed by atoms with E-state index in [1.54, 1.807) is 12.1 Å². The highest BCUT2D eigenvalue weighted by Crippen LogP contribution is 2.20. The minimum atomic E-state index is 0.499. The van der Waals surface area contributed by atoms with Gasteiger partial charge < -0.3 is 5.32 Å². The van der Waals surface area contributed by atoms with Gasteiger partial charge in [0.25, 0.3) is 0 Å². The number of benzene rings is 1. The van der Waals surface area contributed by atoms with Crippen molar-refractivity contribution in [3.8, 4) is 6.07 Å². The molecule has 0 bridgehead atoms. The van der Waals surface area contributed by atoms with Crippen LogP contribution >= 0.6 is 23.4 Å². The van der Waals surface area contributed by atoms with Gasteiger partial charge in [-0.1, -0.05) is 18.5 Å². The second-order valence-electron chi connectivity index (χ2n) is 3.23. The molecule has 1 rings (SSSR count). The molecule has 1 atom stereocenters. The number of hydrogen-bond donors (Lipinski definition) is 1. The smallest absolute Gasteiger partial charge is 0.101 e. The minimum absolute atomic E-state index is 0.499. The van der Waals surface area contributed by atoms with Crippen LogP contribution in [0, 0.1) is 11.3 Å². The fraction of sp³-hybridized carbons (Fsp3) is 0.364. The van der Waals surface area contributed by atoms with Crippen molar-refractivity contribution in [2.45, 2.75) is 12.2 Å². The van der Waals surface area contributed by atoms with E-state index in [0.29, 0.717) is 15.8 Å². The van der Waals surface area contributed by atoms with Crippen LogP contribution in [0.4, 0.5) is 5.69 Å². The molecule has 0 aromatic heterocycles. The lowest BCUT2D eigenvalue weighted by Gasteiger charge is -2.11. The maximum Gasteiger partial charge on any atom is 0.101 e. The van der Waals surface area contributed by atoms with Gasteiger partial charge >= 0.3 is 0 Å². The van der Waals surface area contributed by atoms with Gasteiger partial charge in [0.1, 0.15) is 6.07 Å². The normalized spacial score (nSPS) is 11.9. The molecular weight excluding hydrogens is 228 g/mol. The van der Waals surface area contributed by atoms with Crippen LogP contribution in [0.3, 0.4) is 0 Å². The maximum atomic E-state index is 8.71. The lowest BCUT2D eigenvalue weighted by molar-refractivity contribution is 1.00. The second-order valence-corrected chi connectivity index (χ2v) is 4.92. The van der Waals surface area contributed by atoms with E-state index in [1.807, 2.05) is 23.9 Å². The van der Waals surface area contributed by atoms with Crippen molar-refractivity contribution < 1.29 is 0 Å². The van der Waals surface area contributed by atoms with Crippen molar-refractivity contribution >= 4 is 29.1 Å². The molecule has 0 amide bonds. The van der Waals surface area contributed by atoms with Crippen LogP contribution in [0.2, 0.25) is 5.02 Å². The standard InChI is InChI=1S/C11H13ClN2S/c1-8(15-2)7-14-10-4-3-9(6-13)11(12)5-10/h3-5,8,14H,7H2,1-2H3. The number of halogens is 1. The van der Waals surface area contributed by atoms with Crippen molar-refractivity contribution in [2.75, 3.05) is 18.1 Å². The Hall–Kier alpha value is -0.850. The number of thioether (sulfide) groups is 1. The van der Waals surface area contributed by atoms with Gasteiger partial charge in [0.2, 0.25) is 0 Å². The van der Waals surface area contributed by atoms with Gasteiger partial charge in [-0.15, -0.1) is 0 Å². The summed E-state index contributed by atoms with van der Waals surface area (Å²) in [6.45, 7) is 3.05. The fourth-order valence-electron chi connectivity index (χ4n) is 1.06. The van der Waals surface area contributed by atoms with Crippen LogP contribution in [0.1, 0.15) is 12.5 Å². The molecule has 1 aromatic carbocycles. The first-order chi connectivity index (χ1) is 7.17. The van der Waals surface area contributed by atoms with Crippen molar-refractivity contribution in [3.63, 3.8) is 0 Å². The van der Waals surface area contributed by atoms with Gasteiger partial charge in [0, 0.05) is 17.5 Å². The van der Waals surface area contributed by atoms with E-state index in [0.717, 1.165) is 12.2 Å². The molecule has 0 heterocycles. The molecule has 0 fully saturated rings. The third-order valence-electron chi connectivity index (χ3n) is 2.09. The van der Waals surface area contributed by atoms with Crippen molar-refractivity contribution in [2.24, 2.45) is 0 Å². The number of nitriles is 1. The molecule has 80 valence electrons. The van der Waals surface area contributed by atoms with E-state index < -0.39 is 0 Å². The fourth-order valence-corrected chi connectivity index (χ4v) is 1.53. The molecule has 0 saturated heterocycles. The summed E-state index contributed by atoms with van der Waals surface area (Å²) in [7, 11) is 0. The third-order valence-corrected chi connectivity index (χ3v) is 3.37. The number of rotatable bonds is 4. The van der Waals surface area contributed by atoms with Gasteiger partial charge in [-0.2, -0.15) is 17.0 Å². The number of hydrogen-bond acceptors (Lipinski definition) is 3. The van der Waals surface area contributed by atoms with Gasteiger partial charge in [0.05, 0.1) is 10.6 Å². The molecule has 15 heavy (non-hydrogen) atoms. The van der Waals surface area contributed by atoms with Crippen molar-refractivity contribution in [1.82, 2.24) is 0 Å². The summed E-state index contributed by atoms with van der Waals surface area (Å²) in [4.78, 5) is 0. The van der Waals surface area contributed by atoms with Crippen molar-refractivity contribution in [1.29, 1.82) is 5.26 Å². The summed E-state index contributed by atoms with van der Waals surface area (Å²) in [6.07, 6.45) is 2.08. The van der Waals surface area contributed by atoms with E-state index >= 15 is 0 Å². The van der Waals surface area contributed by atoms with E-state index in [2.05, 4.69) is 18.5 Å². The van der Waals surface area contributed by atoms with Crippen LogP contribution < -0.4 is 5.32 Å². The van der Waals surface area contributed by atoms with Crippen LogP contribution in [0.5, 0.6) is 0 Å². The SMILES string of the molecule is CSC(C)CNc1ccc(C#N)c(Cl)c1. The minimum Gasteiger partial charge on any atom is -0.384 e. The average Bonchev–Trinajstić information content (AvgIpc) is 2.26. The highest BCUT2D eigenvalue weighted by Gasteiger charge is 2.02. The highest BCUT2D eigenvalue weighted by atomic mass is 35.5. The summed E-state index contributed by atoms with van der Waals surface area (Å²) in [5.41, 5.74) is 1.47. The van der Waals surface area contributed by atoms with Crippen molar-refractivity contribution in [3.05, 3.63) is 28.8 Å². The molecule has 0 saturated carbocycles. The summed E-state index contributed by atoms with van der Waals surface area (Å²) >= 11 is 7.72. The molecule has 0 aliphatic carbocycles. The Bertz CT molecular complexity index is 373. The Morgan fingerprint density at radius 2 is 2.33 bits per heavy atom. The first kappa shape index (κ1) is 12.2. The maximum absolute atomic E-state index is 8.71. The lowest BCUT2D eigenvalue weighted by Crippen LogP contribution is -2.12. The molecule has 1 unspecified atom stereocenters. The molecule has 1 aromatic rings. The van der Waals surface area contributed by atoms with Gasteiger partial charge in [-0.25, -0.2) is 0 Å². The summed E-state index contributed by atoms with van der Waals surface area (Å²) in [5.74, 6) is 0. The van der Waals surface area contributed by atoms with Crippen LogP contribution in [-0.2, 0) is 0 Å². The highest BCUT2D eigenvalue weighted by molar-refractivity contribution is 7.99. The first-order valence-electron chi connectivity index (χ1n) is 4.63. The Morgan fingerprint density at radius 1 is 1.60 bits per heavy atom. The lowest BCUT2D eigenvalue weighted by atomic mass is 10.2. The summed E-state index contributed by atoms with van der Waals surface area (Å²) in [6, 6.07) is 7.42. The number of nitrogens with zero attached hydrogens (tertiary/aromatic N) is 1. The first-order valence-corrected chi connectivity index (χ1v) is 6.30. The Balaban J connectivity index is 2.64. The predicted octanol–water partition coefficient (Wildman–Crippen LogP) is 3.38. The zero-order valence-corrected chi connectivity index (χ0v) is 10.3. The van der Waals surface area contributed by atoms with Crippen LogP contribution in [0.15, 0.2) is 18.2 Å². The Kier molecular flexibility index (Phi) is 4.80. The van der Waals surface area contributed by atoms with Crippen LogP contribution in [-0.4, -0.2) is 18.1 Å². The molecule has 0 aliphatic heterocycles. The molecule has 0 radical (unpaired) electrons. The largest absolute Gasteiger partial charge is 0.384 e. The number of nitrogens with one attached hydrogen (secondary N) is 1. The predicted molar refractivity (Wildman–Crippen MR) is 67.6 cm³/mol. The summed E-state index contributed by atoms with van der Waals surface area (Å²) in [5, 5.41) is 13.0. The number of anilines is 1.